The lowest BCUT2D eigenvalue weighted by molar-refractivity contribution is -0.105. The first-order valence-corrected chi connectivity index (χ1v) is 6.94. The number of carbonyl (C=O) groups excluding carboxylic acids is 1. The van der Waals surface area contributed by atoms with Crippen LogP contribution in [0.2, 0.25) is 5.02 Å². The van der Waals surface area contributed by atoms with E-state index in [-0.39, 0.29) is 5.56 Å². The topological polar surface area (TPSA) is 66.9 Å². The highest BCUT2D eigenvalue weighted by atomic mass is 35.5. The maximum atomic E-state index is 12.2. The number of benzene rings is 2. The smallest absolute Gasteiger partial charge is 0.271 e. The van der Waals surface area contributed by atoms with Crippen LogP contribution in [0.25, 0.3) is 16.9 Å². The van der Waals surface area contributed by atoms with Gasteiger partial charge in [-0.2, -0.15) is 0 Å². The Kier molecular flexibility index (Phi) is 3.80. The van der Waals surface area contributed by atoms with E-state index in [9.17, 15) is 9.59 Å². The molecule has 2 aromatic carbocycles. The zero-order valence-corrected chi connectivity index (χ0v) is 12.2. The summed E-state index contributed by atoms with van der Waals surface area (Å²) in [5, 5.41) is 6.26. The van der Waals surface area contributed by atoms with E-state index in [1.807, 2.05) is 18.2 Å². The number of amides is 1. The van der Waals surface area contributed by atoms with E-state index < -0.39 is 0 Å². The average molecular weight is 314 g/mol. The van der Waals surface area contributed by atoms with Gasteiger partial charge in [-0.3, -0.25) is 14.7 Å². The molecular formula is C16H12ClN3O2. The number of hydrogen-bond donors (Lipinski definition) is 2. The van der Waals surface area contributed by atoms with Crippen LogP contribution in [0.3, 0.4) is 0 Å². The van der Waals surface area contributed by atoms with Crippen molar-refractivity contribution in [3.05, 3.63) is 70.0 Å². The summed E-state index contributed by atoms with van der Waals surface area (Å²) in [6, 6.07) is 15.6. The summed E-state index contributed by atoms with van der Waals surface area (Å²) in [5.74, 6) is 0. The molecule has 0 bridgehead atoms. The number of hydrogen-bond acceptors (Lipinski definition) is 2. The van der Waals surface area contributed by atoms with Crippen LogP contribution in [0.5, 0.6) is 0 Å². The number of para-hydroxylation sites is 1. The number of aromatic nitrogens is 2. The molecule has 5 nitrogen and oxygen atoms in total. The maximum Gasteiger partial charge on any atom is 0.271 e. The van der Waals surface area contributed by atoms with Gasteiger partial charge in [-0.25, -0.2) is 4.68 Å². The third-order valence-corrected chi connectivity index (χ3v) is 3.49. The number of rotatable bonds is 4. The number of aromatic amines is 1. The Bertz CT molecular complexity index is 866. The van der Waals surface area contributed by atoms with Crippen LogP contribution < -0.4 is 10.9 Å². The van der Waals surface area contributed by atoms with Gasteiger partial charge in [0.1, 0.15) is 0 Å². The van der Waals surface area contributed by atoms with E-state index in [2.05, 4.69) is 10.4 Å². The first-order chi connectivity index (χ1) is 10.7. The molecule has 0 fully saturated rings. The Morgan fingerprint density at radius 3 is 2.55 bits per heavy atom. The summed E-state index contributed by atoms with van der Waals surface area (Å²) in [7, 11) is 0. The molecule has 0 aliphatic rings. The number of halogens is 1. The second-order valence-electron chi connectivity index (χ2n) is 4.63. The quantitative estimate of drug-likeness (QED) is 0.727. The van der Waals surface area contributed by atoms with Crippen LogP contribution in [-0.2, 0) is 4.79 Å². The van der Waals surface area contributed by atoms with Crippen LogP contribution in [0.1, 0.15) is 0 Å². The first-order valence-electron chi connectivity index (χ1n) is 6.56. The molecule has 3 rings (SSSR count). The fourth-order valence-electron chi connectivity index (χ4n) is 2.22. The molecule has 110 valence electrons. The van der Waals surface area contributed by atoms with Crippen molar-refractivity contribution in [3.63, 3.8) is 0 Å². The van der Waals surface area contributed by atoms with E-state index >= 15 is 0 Å². The predicted molar refractivity (Wildman–Crippen MR) is 86.5 cm³/mol. The molecule has 0 unspecified atom stereocenters. The van der Waals surface area contributed by atoms with Gasteiger partial charge in [0.15, 0.2) is 0 Å². The number of carbonyl (C=O) groups is 1. The van der Waals surface area contributed by atoms with E-state index in [0.717, 1.165) is 5.56 Å². The average Bonchev–Trinajstić information content (AvgIpc) is 2.91. The lowest BCUT2D eigenvalue weighted by Crippen LogP contribution is -2.13. The van der Waals surface area contributed by atoms with E-state index in [1.54, 1.807) is 30.3 Å². The minimum atomic E-state index is -0.196. The third-order valence-electron chi connectivity index (χ3n) is 3.24. The summed E-state index contributed by atoms with van der Waals surface area (Å²) in [6.07, 6.45) is 0.604. The van der Waals surface area contributed by atoms with Crippen molar-refractivity contribution in [2.24, 2.45) is 0 Å². The molecule has 1 aromatic heterocycles. The third kappa shape index (κ3) is 2.66. The van der Waals surface area contributed by atoms with Crippen LogP contribution in [0.15, 0.2) is 59.4 Å². The van der Waals surface area contributed by atoms with Gasteiger partial charge in [-0.15, -0.1) is 0 Å². The fraction of sp³-hybridized carbons (Fsp3) is 0. The molecule has 0 radical (unpaired) electrons. The van der Waals surface area contributed by atoms with Crippen molar-refractivity contribution in [2.75, 3.05) is 5.32 Å². The largest absolute Gasteiger partial charge is 0.328 e. The SMILES string of the molecule is O=CNc1ccccc1-c1cc(=O)n(-c2ccc(Cl)cc2)[nH]1. The molecule has 6 heteroatoms. The van der Waals surface area contributed by atoms with Crippen LogP contribution in [0.4, 0.5) is 5.69 Å². The van der Waals surface area contributed by atoms with Crippen LogP contribution in [-0.4, -0.2) is 16.2 Å². The van der Waals surface area contributed by atoms with Crippen LogP contribution >= 0.6 is 11.6 Å². The van der Waals surface area contributed by atoms with Crippen molar-refractivity contribution in [3.8, 4) is 16.9 Å². The van der Waals surface area contributed by atoms with Crippen molar-refractivity contribution >= 4 is 23.7 Å². The molecule has 0 aliphatic heterocycles. The lowest BCUT2D eigenvalue weighted by atomic mass is 10.1. The number of nitrogens with one attached hydrogen (secondary N) is 2. The molecule has 1 heterocycles. The zero-order valence-electron chi connectivity index (χ0n) is 11.4. The van der Waals surface area contributed by atoms with Gasteiger partial charge in [0, 0.05) is 22.3 Å². The maximum absolute atomic E-state index is 12.2. The monoisotopic (exact) mass is 313 g/mol. The summed E-state index contributed by atoms with van der Waals surface area (Å²) >= 11 is 5.86. The highest BCUT2D eigenvalue weighted by molar-refractivity contribution is 6.30. The minimum Gasteiger partial charge on any atom is -0.328 e. The Labute approximate surface area is 131 Å². The summed E-state index contributed by atoms with van der Waals surface area (Å²) in [4.78, 5) is 22.9. The second-order valence-corrected chi connectivity index (χ2v) is 5.06. The molecule has 2 N–H and O–H groups in total. The summed E-state index contributed by atoms with van der Waals surface area (Å²) in [6.45, 7) is 0. The molecule has 3 aromatic rings. The van der Waals surface area contributed by atoms with Gasteiger partial charge in [0.2, 0.25) is 6.41 Å². The number of nitrogens with zero attached hydrogens (tertiary/aromatic N) is 1. The summed E-state index contributed by atoms with van der Waals surface area (Å²) < 4.78 is 1.42. The van der Waals surface area contributed by atoms with Crippen molar-refractivity contribution in [1.29, 1.82) is 0 Å². The van der Waals surface area contributed by atoms with Crippen molar-refractivity contribution < 1.29 is 4.79 Å². The van der Waals surface area contributed by atoms with Crippen molar-refractivity contribution in [2.45, 2.75) is 0 Å². The molecule has 0 aliphatic carbocycles. The lowest BCUT2D eigenvalue weighted by Gasteiger charge is -2.06. The molecular weight excluding hydrogens is 302 g/mol. The Morgan fingerprint density at radius 1 is 1.09 bits per heavy atom. The van der Waals surface area contributed by atoms with Gasteiger partial charge in [0.05, 0.1) is 11.4 Å². The normalized spacial score (nSPS) is 10.4. The second kappa shape index (κ2) is 5.91. The van der Waals surface area contributed by atoms with Gasteiger partial charge in [-0.05, 0) is 30.3 Å². The zero-order chi connectivity index (χ0) is 15.5. The van der Waals surface area contributed by atoms with Gasteiger partial charge >= 0.3 is 0 Å². The Morgan fingerprint density at radius 2 is 1.82 bits per heavy atom. The fourth-order valence-corrected chi connectivity index (χ4v) is 2.35. The molecule has 1 amide bonds. The number of H-pyrrole nitrogens is 1. The van der Waals surface area contributed by atoms with E-state index in [4.69, 9.17) is 11.6 Å². The molecule has 0 spiro atoms. The first kappa shape index (κ1) is 14.2. The summed E-state index contributed by atoms with van der Waals surface area (Å²) in [5.41, 5.74) is 2.46. The van der Waals surface area contributed by atoms with Gasteiger partial charge in [-0.1, -0.05) is 29.8 Å². The van der Waals surface area contributed by atoms with Crippen LogP contribution in [0, 0.1) is 0 Å². The molecule has 22 heavy (non-hydrogen) atoms. The Balaban J connectivity index is 2.08. The predicted octanol–water partition coefficient (Wildman–Crippen LogP) is 3.05. The number of anilines is 1. The highest BCUT2D eigenvalue weighted by Crippen LogP contribution is 2.25. The van der Waals surface area contributed by atoms with E-state index in [1.165, 1.54) is 10.7 Å². The standard InChI is InChI=1S/C16H12ClN3O2/c17-11-5-7-12(8-6-11)20-16(22)9-15(19-20)13-3-1-2-4-14(13)18-10-21/h1-10,19H,(H,18,21). The van der Waals surface area contributed by atoms with Gasteiger partial charge in [0.25, 0.3) is 5.56 Å². The molecule has 0 atom stereocenters. The van der Waals surface area contributed by atoms with Crippen molar-refractivity contribution in [1.82, 2.24) is 9.78 Å². The highest BCUT2D eigenvalue weighted by Gasteiger charge is 2.10. The minimum absolute atomic E-state index is 0.196. The van der Waals surface area contributed by atoms with E-state index in [0.29, 0.717) is 28.5 Å². The molecule has 0 saturated heterocycles. The molecule has 0 saturated carbocycles. The van der Waals surface area contributed by atoms with Gasteiger partial charge < -0.3 is 5.32 Å². The Hall–Kier alpha value is -2.79.